The normalized spacial score (nSPS) is 20.4. The maximum absolute atomic E-state index is 8.77. The van der Waals surface area contributed by atoms with Gasteiger partial charge in [0.2, 0.25) is 5.88 Å². The Hall–Kier alpha value is -2.92. The number of rotatable bonds is 4. The van der Waals surface area contributed by atoms with Crippen LogP contribution in [-0.2, 0) is 0 Å². The van der Waals surface area contributed by atoms with Crippen LogP contribution in [0.5, 0.6) is 17.5 Å². The molecule has 134 valence electrons. The summed E-state index contributed by atoms with van der Waals surface area (Å²) in [5.41, 5.74) is 1.23. The van der Waals surface area contributed by atoms with Crippen molar-refractivity contribution in [1.29, 1.82) is 5.26 Å². The molecule has 0 amide bonds. The first kappa shape index (κ1) is 16.5. The van der Waals surface area contributed by atoms with Crippen LogP contribution in [0.3, 0.4) is 0 Å². The van der Waals surface area contributed by atoms with Crippen molar-refractivity contribution in [2.75, 3.05) is 26.3 Å². The average Bonchev–Trinajstić information content (AvgIpc) is 3.16. The van der Waals surface area contributed by atoms with E-state index >= 15 is 0 Å². The van der Waals surface area contributed by atoms with Crippen LogP contribution in [0.15, 0.2) is 24.3 Å². The first-order valence-corrected chi connectivity index (χ1v) is 8.64. The number of nitriles is 1. The zero-order chi connectivity index (χ0) is 17.9. The van der Waals surface area contributed by atoms with E-state index in [0.29, 0.717) is 30.7 Å². The maximum Gasteiger partial charge on any atom is 0.257 e. The summed E-state index contributed by atoms with van der Waals surface area (Å²) >= 11 is 0. The summed E-state index contributed by atoms with van der Waals surface area (Å²) in [6, 6.07) is 9.28. The zero-order valence-corrected chi connectivity index (χ0v) is 14.5. The third-order valence-corrected chi connectivity index (χ3v) is 4.62. The molecule has 0 radical (unpaired) electrons. The minimum absolute atomic E-state index is 0.0388. The molecule has 0 N–H and O–H groups in total. The summed E-state index contributed by atoms with van der Waals surface area (Å²) in [6.45, 7) is 4.91. The molecule has 0 bridgehead atoms. The number of aromatic nitrogens is 3. The summed E-state index contributed by atoms with van der Waals surface area (Å²) in [6.07, 6.45) is 0.938. The van der Waals surface area contributed by atoms with Gasteiger partial charge in [-0.15, -0.1) is 10.2 Å². The molecule has 0 aromatic carbocycles. The summed E-state index contributed by atoms with van der Waals surface area (Å²) in [5, 5.41) is 16.5. The highest BCUT2D eigenvalue weighted by atomic mass is 16.6. The van der Waals surface area contributed by atoms with E-state index in [9.17, 15) is 0 Å². The van der Waals surface area contributed by atoms with Crippen molar-refractivity contribution in [3.63, 3.8) is 0 Å². The molecular formula is C18H19N5O3. The molecule has 2 aromatic heterocycles. The Kier molecular flexibility index (Phi) is 4.54. The smallest absolute Gasteiger partial charge is 0.257 e. The zero-order valence-electron chi connectivity index (χ0n) is 14.5. The second-order valence-corrected chi connectivity index (χ2v) is 6.30. The molecule has 0 unspecified atom stereocenters. The number of ether oxygens (including phenoxy) is 3. The molecule has 0 spiro atoms. The molecule has 2 aliphatic heterocycles. The second-order valence-electron chi connectivity index (χ2n) is 6.30. The molecule has 8 heteroatoms. The summed E-state index contributed by atoms with van der Waals surface area (Å²) in [4.78, 5) is 6.92. The standard InChI is InChI=1S/C18H19N5O3/c1-12(15-3-4-16-18(20-15)25-9-8-24-16)23-7-6-14(11-23)26-17-5-2-13(10-19)21-22-17/h2-5,12,14H,6-9,11H2,1H3/t12-,14-/m1/s1. The molecule has 0 saturated carbocycles. The van der Waals surface area contributed by atoms with Crippen LogP contribution < -0.4 is 14.2 Å². The summed E-state index contributed by atoms with van der Waals surface area (Å²) in [5.74, 6) is 1.72. The number of hydrogen-bond donors (Lipinski definition) is 0. The fourth-order valence-electron chi connectivity index (χ4n) is 3.18. The minimum Gasteiger partial charge on any atom is -0.484 e. The van der Waals surface area contributed by atoms with Crippen LogP contribution in [0.25, 0.3) is 0 Å². The number of likely N-dealkylation sites (tertiary alicyclic amines) is 1. The summed E-state index contributed by atoms with van der Waals surface area (Å²) in [7, 11) is 0. The maximum atomic E-state index is 8.77. The Morgan fingerprint density at radius 3 is 2.92 bits per heavy atom. The van der Waals surface area contributed by atoms with Crippen LogP contribution >= 0.6 is 0 Å². The van der Waals surface area contributed by atoms with E-state index < -0.39 is 0 Å². The van der Waals surface area contributed by atoms with Gasteiger partial charge in [0.25, 0.3) is 5.88 Å². The molecular weight excluding hydrogens is 334 g/mol. The Balaban J connectivity index is 1.39. The van der Waals surface area contributed by atoms with Crippen LogP contribution in [0.1, 0.15) is 30.8 Å². The average molecular weight is 353 g/mol. The molecule has 8 nitrogen and oxygen atoms in total. The van der Waals surface area contributed by atoms with Crippen LogP contribution in [0, 0.1) is 11.3 Å². The molecule has 2 aliphatic rings. The highest BCUT2D eigenvalue weighted by molar-refractivity contribution is 5.36. The summed E-state index contributed by atoms with van der Waals surface area (Å²) < 4.78 is 17.0. The van der Waals surface area contributed by atoms with Crippen molar-refractivity contribution < 1.29 is 14.2 Å². The van der Waals surface area contributed by atoms with E-state index in [1.54, 1.807) is 12.1 Å². The quantitative estimate of drug-likeness (QED) is 0.820. The second kappa shape index (κ2) is 7.14. The van der Waals surface area contributed by atoms with Gasteiger partial charge in [-0.3, -0.25) is 4.90 Å². The van der Waals surface area contributed by atoms with E-state index in [2.05, 4.69) is 27.0 Å². The number of fused-ring (bicyclic) bond motifs is 1. The first-order valence-electron chi connectivity index (χ1n) is 8.64. The van der Waals surface area contributed by atoms with Crippen LogP contribution in [-0.4, -0.2) is 52.5 Å². The predicted molar refractivity (Wildman–Crippen MR) is 91.0 cm³/mol. The van der Waals surface area contributed by atoms with Crippen molar-refractivity contribution in [2.24, 2.45) is 0 Å². The predicted octanol–water partition coefficient (Wildman–Crippen LogP) is 1.73. The lowest BCUT2D eigenvalue weighted by Crippen LogP contribution is -2.28. The van der Waals surface area contributed by atoms with Gasteiger partial charge in [0, 0.05) is 25.2 Å². The Morgan fingerprint density at radius 1 is 1.23 bits per heavy atom. The van der Waals surface area contributed by atoms with Gasteiger partial charge in [-0.05, 0) is 31.5 Å². The van der Waals surface area contributed by atoms with Crippen LogP contribution in [0.2, 0.25) is 0 Å². The van der Waals surface area contributed by atoms with Crippen molar-refractivity contribution in [2.45, 2.75) is 25.5 Å². The topological polar surface area (TPSA) is 93.4 Å². The fraction of sp³-hybridized carbons (Fsp3) is 0.444. The lowest BCUT2D eigenvalue weighted by atomic mass is 10.2. The fourth-order valence-corrected chi connectivity index (χ4v) is 3.18. The van der Waals surface area contributed by atoms with Gasteiger partial charge >= 0.3 is 0 Å². The largest absolute Gasteiger partial charge is 0.484 e. The van der Waals surface area contributed by atoms with E-state index in [1.165, 1.54) is 0 Å². The molecule has 26 heavy (non-hydrogen) atoms. The molecule has 4 heterocycles. The highest BCUT2D eigenvalue weighted by Crippen LogP contribution is 2.32. The molecule has 1 saturated heterocycles. The van der Waals surface area contributed by atoms with Crippen molar-refractivity contribution in [1.82, 2.24) is 20.1 Å². The van der Waals surface area contributed by atoms with Crippen molar-refractivity contribution >= 4 is 0 Å². The lowest BCUT2D eigenvalue weighted by molar-refractivity contribution is 0.159. The molecule has 4 rings (SSSR count). The van der Waals surface area contributed by atoms with Gasteiger partial charge in [-0.25, -0.2) is 4.98 Å². The van der Waals surface area contributed by atoms with E-state index in [1.807, 2.05) is 18.2 Å². The number of nitrogens with zero attached hydrogens (tertiary/aromatic N) is 5. The monoisotopic (exact) mass is 353 g/mol. The van der Waals surface area contributed by atoms with Gasteiger partial charge in [-0.1, -0.05) is 0 Å². The van der Waals surface area contributed by atoms with Gasteiger partial charge in [-0.2, -0.15) is 5.26 Å². The Labute approximate surface area is 151 Å². The van der Waals surface area contributed by atoms with Gasteiger partial charge < -0.3 is 14.2 Å². The lowest BCUT2D eigenvalue weighted by Gasteiger charge is -2.25. The van der Waals surface area contributed by atoms with Crippen molar-refractivity contribution in [3.8, 4) is 23.6 Å². The number of hydrogen-bond acceptors (Lipinski definition) is 8. The molecule has 0 aliphatic carbocycles. The third kappa shape index (κ3) is 3.39. The first-order chi connectivity index (χ1) is 12.7. The van der Waals surface area contributed by atoms with Gasteiger partial charge in [0.1, 0.15) is 25.4 Å². The molecule has 1 fully saturated rings. The third-order valence-electron chi connectivity index (χ3n) is 4.62. The van der Waals surface area contributed by atoms with Gasteiger partial charge in [0.05, 0.1) is 5.69 Å². The van der Waals surface area contributed by atoms with Gasteiger partial charge in [0.15, 0.2) is 11.4 Å². The van der Waals surface area contributed by atoms with Crippen LogP contribution in [0.4, 0.5) is 0 Å². The van der Waals surface area contributed by atoms with E-state index in [0.717, 1.165) is 25.2 Å². The highest BCUT2D eigenvalue weighted by Gasteiger charge is 2.29. The van der Waals surface area contributed by atoms with E-state index in [-0.39, 0.29) is 17.8 Å². The minimum atomic E-state index is 0.0388. The number of pyridine rings is 1. The van der Waals surface area contributed by atoms with E-state index in [4.69, 9.17) is 19.5 Å². The SMILES string of the molecule is C[C@H](c1ccc2c(n1)OCCO2)N1CC[C@@H](Oc2ccc(C#N)nn2)C1. The Morgan fingerprint density at radius 2 is 2.12 bits per heavy atom. The van der Waals surface area contributed by atoms with Crippen molar-refractivity contribution in [3.05, 3.63) is 35.7 Å². The Bertz CT molecular complexity index is 821. The molecule has 2 atom stereocenters. The molecule has 2 aromatic rings.